The highest BCUT2D eigenvalue weighted by atomic mass is 35.5. The largest absolute Gasteiger partial charge is 0.372 e. The van der Waals surface area contributed by atoms with Crippen LogP contribution in [0.3, 0.4) is 0 Å². The number of rotatable bonds is 4. The van der Waals surface area contributed by atoms with Gasteiger partial charge in [0.15, 0.2) is 0 Å². The van der Waals surface area contributed by atoms with Crippen molar-refractivity contribution in [2.24, 2.45) is 0 Å². The summed E-state index contributed by atoms with van der Waals surface area (Å²) in [5.41, 5.74) is 0. The van der Waals surface area contributed by atoms with Gasteiger partial charge in [-0.2, -0.15) is 0 Å². The van der Waals surface area contributed by atoms with Crippen LogP contribution < -0.4 is 10.2 Å². The number of morpholine rings is 1. The fourth-order valence-corrected chi connectivity index (χ4v) is 2.94. The standard InChI is InChI=1S/C14H21Cl2N3O/c1-4-5-17-13-11(15)6-12(16)14(18-13)19-7-9(2)20-10(3)8-19/h6,9-10H,4-5,7-8H2,1-3H3,(H,17,18)/t9-,10+. The van der Waals surface area contributed by atoms with Crippen LogP contribution in [0.15, 0.2) is 6.07 Å². The summed E-state index contributed by atoms with van der Waals surface area (Å²) in [6.45, 7) is 8.62. The van der Waals surface area contributed by atoms with Crippen molar-refractivity contribution in [3.05, 3.63) is 16.1 Å². The van der Waals surface area contributed by atoms with Gasteiger partial charge in [-0.25, -0.2) is 4.98 Å². The van der Waals surface area contributed by atoms with Gasteiger partial charge in [0.25, 0.3) is 0 Å². The van der Waals surface area contributed by atoms with Crippen molar-refractivity contribution in [1.29, 1.82) is 0 Å². The molecule has 2 heterocycles. The Hall–Kier alpha value is -0.710. The number of aromatic nitrogens is 1. The van der Waals surface area contributed by atoms with Crippen LogP contribution in [0.5, 0.6) is 0 Å². The highest BCUT2D eigenvalue weighted by Crippen LogP contribution is 2.32. The number of nitrogens with one attached hydrogen (secondary N) is 1. The zero-order valence-corrected chi connectivity index (χ0v) is 13.6. The number of hydrogen-bond acceptors (Lipinski definition) is 4. The third kappa shape index (κ3) is 3.68. The van der Waals surface area contributed by atoms with Crippen LogP contribution in [0.1, 0.15) is 27.2 Å². The molecule has 1 aromatic heterocycles. The molecule has 0 saturated carbocycles. The van der Waals surface area contributed by atoms with Gasteiger partial charge < -0.3 is 15.0 Å². The predicted octanol–water partition coefficient (Wildman–Crippen LogP) is 3.82. The first-order chi connectivity index (χ1) is 9.51. The lowest BCUT2D eigenvalue weighted by molar-refractivity contribution is -0.00544. The van der Waals surface area contributed by atoms with E-state index >= 15 is 0 Å². The monoisotopic (exact) mass is 317 g/mol. The first kappa shape index (κ1) is 15.7. The molecule has 0 radical (unpaired) electrons. The maximum atomic E-state index is 6.31. The molecule has 0 aromatic carbocycles. The zero-order chi connectivity index (χ0) is 14.7. The minimum absolute atomic E-state index is 0.166. The maximum Gasteiger partial charge on any atom is 0.150 e. The molecular weight excluding hydrogens is 297 g/mol. The number of halogens is 2. The summed E-state index contributed by atoms with van der Waals surface area (Å²) in [5.74, 6) is 1.47. The number of hydrogen-bond donors (Lipinski definition) is 1. The van der Waals surface area contributed by atoms with E-state index in [4.69, 9.17) is 27.9 Å². The normalized spacial score (nSPS) is 22.9. The van der Waals surface area contributed by atoms with Gasteiger partial charge in [-0.1, -0.05) is 30.1 Å². The molecule has 0 unspecified atom stereocenters. The number of anilines is 2. The third-order valence-corrected chi connectivity index (χ3v) is 3.74. The Labute approximate surface area is 130 Å². The van der Waals surface area contributed by atoms with Crippen LogP contribution in [-0.2, 0) is 4.74 Å². The molecule has 1 aliphatic heterocycles. The smallest absolute Gasteiger partial charge is 0.150 e. The van der Waals surface area contributed by atoms with E-state index < -0.39 is 0 Å². The fraction of sp³-hybridized carbons (Fsp3) is 0.643. The van der Waals surface area contributed by atoms with Gasteiger partial charge in [-0.05, 0) is 26.3 Å². The number of ether oxygens (including phenoxy) is 1. The van der Waals surface area contributed by atoms with E-state index in [1.807, 2.05) is 0 Å². The van der Waals surface area contributed by atoms with Gasteiger partial charge in [0, 0.05) is 19.6 Å². The Morgan fingerprint density at radius 3 is 2.55 bits per heavy atom. The average molecular weight is 318 g/mol. The van der Waals surface area contributed by atoms with E-state index in [2.05, 4.69) is 36.0 Å². The van der Waals surface area contributed by atoms with Crippen molar-refractivity contribution in [3.63, 3.8) is 0 Å². The first-order valence-electron chi connectivity index (χ1n) is 7.01. The molecule has 0 aliphatic carbocycles. The number of nitrogens with zero attached hydrogens (tertiary/aromatic N) is 2. The summed E-state index contributed by atoms with van der Waals surface area (Å²) in [6, 6.07) is 1.76. The molecule has 1 fully saturated rings. The first-order valence-corrected chi connectivity index (χ1v) is 7.77. The lowest BCUT2D eigenvalue weighted by Gasteiger charge is -2.36. The Kier molecular flexibility index (Phi) is 5.35. The molecule has 0 spiro atoms. The van der Waals surface area contributed by atoms with E-state index in [0.29, 0.717) is 15.9 Å². The molecule has 1 aromatic rings. The molecule has 112 valence electrons. The van der Waals surface area contributed by atoms with Crippen LogP contribution in [0.2, 0.25) is 10.0 Å². The van der Waals surface area contributed by atoms with Crippen molar-refractivity contribution >= 4 is 34.8 Å². The number of pyridine rings is 1. The molecule has 6 heteroatoms. The lowest BCUT2D eigenvalue weighted by Crippen LogP contribution is -2.46. The highest BCUT2D eigenvalue weighted by molar-refractivity contribution is 6.37. The summed E-state index contributed by atoms with van der Waals surface area (Å²) in [6.07, 6.45) is 1.35. The predicted molar refractivity (Wildman–Crippen MR) is 85.3 cm³/mol. The third-order valence-electron chi connectivity index (χ3n) is 3.17. The summed E-state index contributed by atoms with van der Waals surface area (Å²) >= 11 is 12.5. The average Bonchev–Trinajstić information content (AvgIpc) is 2.36. The Balaban J connectivity index is 2.25. The van der Waals surface area contributed by atoms with Gasteiger partial charge in [0.05, 0.1) is 22.3 Å². The fourth-order valence-electron chi connectivity index (χ4n) is 2.40. The van der Waals surface area contributed by atoms with Gasteiger partial charge in [-0.3, -0.25) is 0 Å². The van der Waals surface area contributed by atoms with Crippen LogP contribution in [0, 0.1) is 0 Å². The highest BCUT2D eigenvalue weighted by Gasteiger charge is 2.25. The second kappa shape index (κ2) is 6.83. The van der Waals surface area contributed by atoms with Gasteiger partial charge >= 0.3 is 0 Å². The van der Waals surface area contributed by atoms with E-state index in [1.165, 1.54) is 0 Å². The van der Waals surface area contributed by atoms with E-state index in [0.717, 1.165) is 31.9 Å². The molecule has 0 bridgehead atoms. The van der Waals surface area contributed by atoms with Gasteiger partial charge in [0.1, 0.15) is 11.6 Å². The van der Waals surface area contributed by atoms with E-state index in [-0.39, 0.29) is 12.2 Å². The Bertz CT molecular complexity index is 460. The van der Waals surface area contributed by atoms with Crippen LogP contribution in [-0.4, -0.2) is 36.8 Å². The molecule has 1 N–H and O–H groups in total. The van der Waals surface area contributed by atoms with Crippen molar-refractivity contribution in [3.8, 4) is 0 Å². The second-order valence-corrected chi connectivity index (χ2v) is 6.03. The molecule has 4 nitrogen and oxygen atoms in total. The van der Waals surface area contributed by atoms with Crippen LogP contribution in [0.4, 0.5) is 11.6 Å². The van der Waals surface area contributed by atoms with E-state index in [1.54, 1.807) is 6.07 Å². The molecular formula is C14H21Cl2N3O. The lowest BCUT2D eigenvalue weighted by atomic mass is 10.2. The molecule has 0 amide bonds. The van der Waals surface area contributed by atoms with E-state index in [9.17, 15) is 0 Å². The van der Waals surface area contributed by atoms with Crippen molar-refractivity contribution < 1.29 is 4.74 Å². The van der Waals surface area contributed by atoms with Crippen molar-refractivity contribution in [2.75, 3.05) is 29.9 Å². The Morgan fingerprint density at radius 2 is 1.95 bits per heavy atom. The minimum Gasteiger partial charge on any atom is -0.372 e. The van der Waals surface area contributed by atoms with Crippen molar-refractivity contribution in [2.45, 2.75) is 39.4 Å². The zero-order valence-electron chi connectivity index (χ0n) is 12.1. The molecule has 1 aliphatic rings. The van der Waals surface area contributed by atoms with Crippen LogP contribution >= 0.6 is 23.2 Å². The summed E-state index contributed by atoms with van der Waals surface area (Å²) < 4.78 is 5.74. The summed E-state index contributed by atoms with van der Waals surface area (Å²) in [4.78, 5) is 6.76. The quantitative estimate of drug-likeness (QED) is 0.916. The molecule has 20 heavy (non-hydrogen) atoms. The topological polar surface area (TPSA) is 37.4 Å². The van der Waals surface area contributed by atoms with Crippen LogP contribution in [0.25, 0.3) is 0 Å². The summed E-state index contributed by atoms with van der Waals surface area (Å²) in [7, 11) is 0. The second-order valence-electron chi connectivity index (χ2n) is 5.21. The molecule has 2 rings (SSSR count). The van der Waals surface area contributed by atoms with Gasteiger partial charge in [0.2, 0.25) is 0 Å². The van der Waals surface area contributed by atoms with Gasteiger partial charge in [-0.15, -0.1) is 0 Å². The maximum absolute atomic E-state index is 6.31. The molecule has 1 saturated heterocycles. The SMILES string of the molecule is CCCNc1nc(N2C[C@@H](C)O[C@@H](C)C2)c(Cl)cc1Cl. The Morgan fingerprint density at radius 1 is 1.30 bits per heavy atom. The minimum atomic E-state index is 0.166. The van der Waals surface area contributed by atoms with Crippen molar-refractivity contribution in [1.82, 2.24) is 4.98 Å². The summed E-state index contributed by atoms with van der Waals surface area (Å²) in [5, 5.41) is 4.37. The molecule has 2 atom stereocenters.